The van der Waals surface area contributed by atoms with Gasteiger partial charge in [0.2, 0.25) is 0 Å². The molecule has 0 aromatic heterocycles. The average molecular weight is 281 g/mol. The zero-order valence-corrected chi connectivity index (χ0v) is 12.3. The number of aliphatic hydroxyl groups excluding tert-OH is 1. The van der Waals surface area contributed by atoms with Gasteiger partial charge in [-0.2, -0.15) is 0 Å². The van der Waals surface area contributed by atoms with Gasteiger partial charge in [-0.25, -0.2) is 0 Å². The van der Waals surface area contributed by atoms with Crippen LogP contribution in [0.2, 0.25) is 0 Å². The molecule has 5 nitrogen and oxygen atoms in total. The fourth-order valence-electron chi connectivity index (χ4n) is 1.63. The molecule has 1 amide bonds. The molecule has 0 fully saturated rings. The van der Waals surface area contributed by atoms with Gasteiger partial charge in [0.25, 0.3) is 5.91 Å². The number of para-hydroxylation sites is 1. The number of nitrogens with one attached hydrogen (secondary N) is 1. The van der Waals surface area contributed by atoms with Crippen molar-refractivity contribution in [3.05, 3.63) is 23.8 Å². The maximum Gasteiger partial charge on any atom is 0.257 e. The molecule has 0 radical (unpaired) electrons. The second-order valence-electron chi connectivity index (χ2n) is 4.82. The second kappa shape index (κ2) is 8.43. The summed E-state index contributed by atoms with van der Waals surface area (Å²) >= 11 is 0. The first kappa shape index (κ1) is 16.3. The normalized spacial score (nSPS) is 10.4. The maximum absolute atomic E-state index is 11.7. The summed E-state index contributed by atoms with van der Waals surface area (Å²) in [6.07, 6.45) is 0. The molecule has 0 unspecified atom stereocenters. The molecule has 0 aliphatic rings. The van der Waals surface area contributed by atoms with Crippen molar-refractivity contribution < 1.29 is 19.4 Å². The van der Waals surface area contributed by atoms with E-state index < -0.39 is 0 Å². The second-order valence-corrected chi connectivity index (χ2v) is 4.82. The lowest BCUT2D eigenvalue weighted by atomic mass is 10.2. The SMILES string of the molecule is CCOc1cccc(CO)c1OCC(=O)NCC(C)C. The Labute approximate surface area is 119 Å². The highest BCUT2D eigenvalue weighted by atomic mass is 16.5. The van der Waals surface area contributed by atoms with Crippen molar-refractivity contribution in [2.75, 3.05) is 19.8 Å². The maximum atomic E-state index is 11.7. The fourth-order valence-corrected chi connectivity index (χ4v) is 1.63. The van der Waals surface area contributed by atoms with Gasteiger partial charge in [-0.05, 0) is 18.9 Å². The summed E-state index contributed by atoms with van der Waals surface area (Å²) in [7, 11) is 0. The Morgan fingerprint density at radius 1 is 1.35 bits per heavy atom. The first-order chi connectivity index (χ1) is 9.58. The molecule has 1 aromatic carbocycles. The Kier molecular flexibility index (Phi) is 6.87. The molecule has 0 bridgehead atoms. The highest BCUT2D eigenvalue weighted by Gasteiger charge is 2.12. The van der Waals surface area contributed by atoms with E-state index in [1.807, 2.05) is 20.8 Å². The highest BCUT2D eigenvalue weighted by Crippen LogP contribution is 2.31. The van der Waals surface area contributed by atoms with Crippen molar-refractivity contribution in [2.45, 2.75) is 27.4 Å². The number of carbonyl (C=O) groups is 1. The van der Waals surface area contributed by atoms with Crippen molar-refractivity contribution in [2.24, 2.45) is 5.92 Å². The predicted octanol–water partition coefficient (Wildman–Crippen LogP) is 1.73. The van der Waals surface area contributed by atoms with E-state index in [2.05, 4.69) is 5.32 Å². The molecule has 0 atom stereocenters. The third-order valence-electron chi connectivity index (χ3n) is 2.59. The van der Waals surface area contributed by atoms with E-state index in [-0.39, 0.29) is 19.1 Å². The smallest absolute Gasteiger partial charge is 0.257 e. The van der Waals surface area contributed by atoms with E-state index in [1.54, 1.807) is 18.2 Å². The van der Waals surface area contributed by atoms with Crippen LogP contribution < -0.4 is 14.8 Å². The minimum atomic E-state index is -0.186. The van der Waals surface area contributed by atoms with Gasteiger partial charge in [0, 0.05) is 12.1 Å². The number of aliphatic hydroxyl groups is 1. The Balaban J connectivity index is 2.68. The van der Waals surface area contributed by atoms with E-state index >= 15 is 0 Å². The molecule has 1 rings (SSSR count). The number of rotatable bonds is 8. The van der Waals surface area contributed by atoms with Crippen LogP contribution in [0.5, 0.6) is 11.5 Å². The van der Waals surface area contributed by atoms with E-state index in [0.717, 1.165) is 0 Å². The van der Waals surface area contributed by atoms with Gasteiger partial charge in [-0.3, -0.25) is 4.79 Å². The summed E-state index contributed by atoms with van der Waals surface area (Å²) < 4.78 is 11.0. The third-order valence-corrected chi connectivity index (χ3v) is 2.59. The number of hydrogen-bond acceptors (Lipinski definition) is 4. The summed E-state index contributed by atoms with van der Waals surface area (Å²) in [4.78, 5) is 11.7. The summed E-state index contributed by atoms with van der Waals surface area (Å²) in [5, 5.41) is 12.1. The number of benzene rings is 1. The van der Waals surface area contributed by atoms with Crippen LogP contribution in [0.1, 0.15) is 26.3 Å². The molecule has 5 heteroatoms. The lowest BCUT2D eigenvalue weighted by Crippen LogP contribution is -2.31. The van der Waals surface area contributed by atoms with Crippen LogP contribution in [-0.4, -0.2) is 30.8 Å². The molecule has 2 N–H and O–H groups in total. The van der Waals surface area contributed by atoms with Crippen LogP contribution in [0, 0.1) is 5.92 Å². The van der Waals surface area contributed by atoms with Crippen LogP contribution in [-0.2, 0) is 11.4 Å². The molecule has 20 heavy (non-hydrogen) atoms. The Bertz CT molecular complexity index is 432. The van der Waals surface area contributed by atoms with Gasteiger partial charge in [0.05, 0.1) is 13.2 Å². The molecular weight excluding hydrogens is 258 g/mol. The lowest BCUT2D eigenvalue weighted by molar-refractivity contribution is -0.123. The molecular formula is C15H23NO4. The fraction of sp³-hybridized carbons (Fsp3) is 0.533. The number of carbonyl (C=O) groups excluding carboxylic acids is 1. The van der Waals surface area contributed by atoms with E-state index in [1.165, 1.54) is 0 Å². The molecule has 0 heterocycles. The topological polar surface area (TPSA) is 67.8 Å². The van der Waals surface area contributed by atoms with Crippen molar-refractivity contribution in [1.29, 1.82) is 0 Å². The van der Waals surface area contributed by atoms with Crippen molar-refractivity contribution in [3.63, 3.8) is 0 Å². The molecule has 0 saturated carbocycles. The minimum absolute atomic E-state index is 0.0934. The summed E-state index contributed by atoms with van der Waals surface area (Å²) in [6.45, 7) is 6.76. The molecule has 0 spiro atoms. The Morgan fingerprint density at radius 2 is 2.10 bits per heavy atom. The predicted molar refractivity (Wildman–Crippen MR) is 76.9 cm³/mol. The number of amides is 1. The molecule has 0 aliphatic heterocycles. The van der Waals surface area contributed by atoms with Crippen LogP contribution in [0.4, 0.5) is 0 Å². The van der Waals surface area contributed by atoms with Gasteiger partial charge in [0.1, 0.15) is 0 Å². The van der Waals surface area contributed by atoms with Gasteiger partial charge in [-0.15, -0.1) is 0 Å². The molecule has 1 aromatic rings. The highest BCUT2D eigenvalue weighted by molar-refractivity contribution is 5.77. The Hall–Kier alpha value is -1.75. The standard InChI is InChI=1S/C15H23NO4/c1-4-19-13-7-5-6-12(9-17)15(13)20-10-14(18)16-8-11(2)3/h5-7,11,17H,4,8-10H2,1-3H3,(H,16,18). The molecule has 112 valence electrons. The lowest BCUT2D eigenvalue weighted by Gasteiger charge is -2.15. The van der Waals surface area contributed by atoms with Crippen molar-refractivity contribution in [3.8, 4) is 11.5 Å². The monoisotopic (exact) mass is 281 g/mol. The molecule has 0 saturated heterocycles. The zero-order valence-electron chi connectivity index (χ0n) is 12.3. The Morgan fingerprint density at radius 3 is 2.70 bits per heavy atom. The first-order valence-electron chi connectivity index (χ1n) is 6.83. The number of hydrogen-bond donors (Lipinski definition) is 2. The summed E-state index contributed by atoms with van der Waals surface area (Å²) in [5.41, 5.74) is 0.604. The van der Waals surface area contributed by atoms with Crippen LogP contribution >= 0.6 is 0 Å². The van der Waals surface area contributed by atoms with E-state index in [0.29, 0.717) is 36.1 Å². The largest absolute Gasteiger partial charge is 0.490 e. The number of ether oxygens (including phenoxy) is 2. The van der Waals surface area contributed by atoms with Crippen molar-refractivity contribution >= 4 is 5.91 Å². The quantitative estimate of drug-likeness (QED) is 0.761. The van der Waals surface area contributed by atoms with E-state index in [9.17, 15) is 9.90 Å². The van der Waals surface area contributed by atoms with Gasteiger partial charge < -0.3 is 19.9 Å². The van der Waals surface area contributed by atoms with Crippen LogP contribution in [0.25, 0.3) is 0 Å². The van der Waals surface area contributed by atoms with E-state index in [4.69, 9.17) is 9.47 Å². The van der Waals surface area contributed by atoms with Crippen molar-refractivity contribution in [1.82, 2.24) is 5.32 Å². The summed E-state index contributed by atoms with van der Waals surface area (Å²) in [6, 6.07) is 5.27. The minimum Gasteiger partial charge on any atom is -0.490 e. The van der Waals surface area contributed by atoms with Gasteiger partial charge >= 0.3 is 0 Å². The third kappa shape index (κ3) is 5.09. The first-order valence-corrected chi connectivity index (χ1v) is 6.83. The van der Waals surface area contributed by atoms with Gasteiger partial charge in [-0.1, -0.05) is 26.0 Å². The zero-order chi connectivity index (χ0) is 15.0. The van der Waals surface area contributed by atoms with Gasteiger partial charge in [0.15, 0.2) is 18.1 Å². The molecule has 0 aliphatic carbocycles. The van der Waals surface area contributed by atoms with Crippen LogP contribution in [0.15, 0.2) is 18.2 Å². The summed E-state index contributed by atoms with van der Waals surface area (Å²) in [5.74, 6) is 1.17. The van der Waals surface area contributed by atoms with Crippen LogP contribution in [0.3, 0.4) is 0 Å². The average Bonchev–Trinajstić information content (AvgIpc) is 2.43.